The fourth-order valence-electron chi connectivity index (χ4n) is 2.45. The third-order valence-corrected chi connectivity index (χ3v) is 4.74. The molecule has 0 bridgehead atoms. The summed E-state index contributed by atoms with van der Waals surface area (Å²) in [6, 6.07) is 9.33. The Morgan fingerprint density at radius 1 is 1.35 bits per heavy atom. The minimum absolute atomic E-state index is 0.682. The van der Waals surface area contributed by atoms with Crippen molar-refractivity contribution in [1.29, 1.82) is 0 Å². The van der Waals surface area contributed by atoms with Crippen LogP contribution in [0.1, 0.15) is 24.0 Å². The molecule has 1 aromatic carbocycles. The molecule has 1 saturated carbocycles. The molecule has 1 fully saturated rings. The topological polar surface area (TPSA) is 15.3 Å². The van der Waals surface area contributed by atoms with Crippen LogP contribution in [0.5, 0.6) is 0 Å². The third-order valence-electron chi connectivity index (χ3n) is 3.66. The van der Waals surface area contributed by atoms with E-state index in [2.05, 4.69) is 45.2 Å². The van der Waals surface area contributed by atoms with Gasteiger partial charge in [0.15, 0.2) is 0 Å². The van der Waals surface area contributed by atoms with Gasteiger partial charge in [-0.3, -0.25) is 0 Å². The highest BCUT2D eigenvalue weighted by Crippen LogP contribution is 2.35. The molecule has 0 unspecified atom stereocenters. The van der Waals surface area contributed by atoms with Crippen LogP contribution in [0.3, 0.4) is 0 Å². The molecule has 1 aliphatic carbocycles. The van der Waals surface area contributed by atoms with E-state index in [4.69, 9.17) is 11.6 Å². The predicted molar refractivity (Wildman–Crippen MR) is 87.7 cm³/mol. The molecule has 20 heavy (non-hydrogen) atoms. The Balaban J connectivity index is 1.82. The molecule has 0 saturated heterocycles. The number of benzene rings is 1. The Morgan fingerprint density at radius 3 is 2.80 bits per heavy atom. The number of nitrogens with zero attached hydrogens (tertiary/aromatic N) is 1. The van der Waals surface area contributed by atoms with Crippen LogP contribution in [-0.4, -0.2) is 13.1 Å². The molecule has 3 rings (SSSR count). The highest BCUT2D eigenvalue weighted by molar-refractivity contribution is 7.07. The van der Waals surface area contributed by atoms with Gasteiger partial charge in [0, 0.05) is 29.8 Å². The molecule has 4 heteroatoms. The molecule has 1 N–H and O–H groups in total. The van der Waals surface area contributed by atoms with Crippen LogP contribution in [0.25, 0.3) is 0 Å². The van der Waals surface area contributed by atoms with Crippen LogP contribution in [-0.2, 0) is 13.1 Å². The molecule has 1 aromatic heterocycles. The number of nitrogens with one attached hydrogen (secondary N) is 1. The second-order valence-corrected chi connectivity index (χ2v) is 6.48. The van der Waals surface area contributed by atoms with Crippen LogP contribution in [0.4, 0.5) is 5.69 Å². The van der Waals surface area contributed by atoms with Crippen molar-refractivity contribution >= 4 is 28.6 Å². The summed E-state index contributed by atoms with van der Waals surface area (Å²) >= 11 is 8.15. The quantitative estimate of drug-likeness (QED) is 0.856. The summed E-state index contributed by atoms with van der Waals surface area (Å²) in [5.41, 5.74) is 3.78. The zero-order chi connectivity index (χ0) is 13.9. The third kappa shape index (κ3) is 3.17. The maximum absolute atomic E-state index is 6.39. The van der Waals surface area contributed by atoms with Gasteiger partial charge < -0.3 is 10.2 Å². The minimum atomic E-state index is 0.682. The van der Waals surface area contributed by atoms with Gasteiger partial charge in [0.05, 0.1) is 0 Å². The van der Waals surface area contributed by atoms with Gasteiger partial charge in [0.25, 0.3) is 0 Å². The van der Waals surface area contributed by atoms with Crippen LogP contribution < -0.4 is 10.2 Å². The van der Waals surface area contributed by atoms with Crippen LogP contribution in [0.15, 0.2) is 35.0 Å². The van der Waals surface area contributed by atoms with Crippen molar-refractivity contribution in [1.82, 2.24) is 5.32 Å². The molecular weight excluding hydrogens is 288 g/mol. The van der Waals surface area contributed by atoms with Crippen molar-refractivity contribution < 1.29 is 0 Å². The van der Waals surface area contributed by atoms with Gasteiger partial charge >= 0.3 is 0 Å². The fourth-order valence-corrected chi connectivity index (χ4v) is 3.35. The maximum Gasteiger partial charge on any atom is 0.0471 e. The summed E-state index contributed by atoms with van der Waals surface area (Å²) in [6.07, 6.45) is 2.58. The molecule has 0 spiro atoms. The summed E-state index contributed by atoms with van der Waals surface area (Å²) in [6.45, 7) is 1.79. The first-order chi connectivity index (χ1) is 9.78. The first-order valence-corrected chi connectivity index (χ1v) is 8.31. The average molecular weight is 307 g/mol. The Kier molecular flexibility index (Phi) is 4.29. The van der Waals surface area contributed by atoms with Gasteiger partial charge in [-0.25, -0.2) is 0 Å². The van der Waals surface area contributed by atoms with E-state index in [1.165, 1.54) is 24.1 Å². The SMILES string of the molecule is CNCc1ccc(N(Cc2ccsc2)C2CC2)cc1Cl. The number of halogens is 1. The first-order valence-electron chi connectivity index (χ1n) is 6.98. The second-order valence-electron chi connectivity index (χ2n) is 5.30. The average Bonchev–Trinajstić information content (AvgIpc) is 3.15. The standard InChI is InChI=1S/C16H19ClN2S/c1-18-9-13-2-3-15(8-16(13)17)19(14-4-5-14)10-12-6-7-20-11-12/h2-3,6-8,11,14,18H,4-5,9-10H2,1H3. The van der Waals surface area contributed by atoms with Crippen LogP contribution in [0, 0.1) is 0 Å². The smallest absolute Gasteiger partial charge is 0.0471 e. The van der Waals surface area contributed by atoms with Gasteiger partial charge in [-0.05, 0) is 60.0 Å². The highest BCUT2D eigenvalue weighted by atomic mass is 35.5. The van der Waals surface area contributed by atoms with Crippen LogP contribution >= 0.6 is 22.9 Å². The van der Waals surface area contributed by atoms with Crippen molar-refractivity contribution in [3.63, 3.8) is 0 Å². The largest absolute Gasteiger partial charge is 0.364 e. The van der Waals surface area contributed by atoms with Crippen molar-refractivity contribution in [2.24, 2.45) is 0 Å². The van der Waals surface area contributed by atoms with Gasteiger partial charge in [-0.2, -0.15) is 11.3 Å². The van der Waals surface area contributed by atoms with Gasteiger partial charge in [0.1, 0.15) is 0 Å². The minimum Gasteiger partial charge on any atom is -0.364 e. The molecule has 1 aliphatic rings. The molecule has 0 aliphatic heterocycles. The normalized spacial score (nSPS) is 14.5. The number of anilines is 1. The van der Waals surface area contributed by atoms with Crippen molar-refractivity contribution in [3.05, 3.63) is 51.2 Å². The Morgan fingerprint density at radius 2 is 2.20 bits per heavy atom. The lowest BCUT2D eigenvalue weighted by molar-refractivity contribution is 0.792. The fraction of sp³-hybridized carbons (Fsp3) is 0.375. The second kappa shape index (κ2) is 6.17. The molecule has 106 valence electrons. The maximum atomic E-state index is 6.39. The first kappa shape index (κ1) is 13.9. The number of rotatable bonds is 6. The van der Waals surface area contributed by atoms with E-state index in [0.29, 0.717) is 6.04 Å². The van der Waals surface area contributed by atoms with E-state index >= 15 is 0 Å². The number of hydrogen-bond donors (Lipinski definition) is 1. The van der Waals surface area contributed by atoms with E-state index in [-0.39, 0.29) is 0 Å². The summed E-state index contributed by atoms with van der Waals surface area (Å²) < 4.78 is 0. The summed E-state index contributed by atoms with van der Waals surface area (Å²) in [5, 5.41) is 8.37. The summed E-state index contributed by atoms with van der Waals surface area (Å²) in [7, 11) is 1.94. The number of hydrogen-bond acceptors (Lipinski definition) is 3. The number of thiophene rings is 1. The van der Waals surface area contributed by atoms with Crippen molar-refractivity contribution in [3.8, 4) is 0 Å². The van der Waals surface area contributed by atoms with E-state index in [1.54, 1.807) is 11.3 Å². The monoisotopic (exact) mass is 306 g/mol. The summed E-state index contributed by atoms with van der Waals surface area (Å²) in [5.74, 6) is 0. The molecule has 0 radical (unpaired) electrons. The zero-order valence-electron chi connectivity index (χ0n) is 11.6. The van der Waals surface area contributed by atoms with E-state index in [9.17, 15) is 0 Å². The van der Waals surface area contributed by atoms with Gasteiger partial charge in [-0.1, -0.05) is 17.7 Å². The Bertz CT molecular complexity index is 564. The summed E-state index contributed by atoms with van der Waals surface area (Å²) in [4.78, 5) is 2.48. The molecular formula is C16H19ClN2S. The van der Waals surface area contributed by atoms with E-state index in [0.717, 1.165) is 23.7 Å². The van der Waals surface area contributed by atoms with E-state index in [1.807, 2.05) is 7.05 Å². The molecule has 2 aromatic rings. The Hall–Kier alpha value is -1.03. The van der Waals surface area contributed by atoms with Gasteiger partial charge in [-0.15, -0.1) is 0 Å². The molecule has 0 atom stereocenters. The lowest BCUT2D eigenvalue weighted by Crippen LogP contribution is -2.24. The van der Waals surface area contributed by atoms with Crippen LogP contribution in [0.2, 0.25) is 5.02 Å². The predicted octanol–water partition coefficient (Wildman–Crippen LogP) is 4.29. The van der Waals surface area contributed by atoms with E-state index < -0.39 is 0 Å². The molecule has 0 amide bonds. The Labute approximate surface area is 129 Å². The lowest BCUT2D eigenvalue weighted by Gasteiger charge is -2.25. The lowest BCUT2D eigenvalue weighted by atomic mass is 10.1. The molecule has 2 nitrogen and oxygen atoms in total. The van der Waals surface area contributed by atoms with Gasteiger partial charge in [0.2, 0.25) is 0 Å². The molecule has 1 heterocycles. The highest BCUT2D eigenvalue weighted by Gasteiger charge is 2.29. The zero-order valence-corrected chi connectivity index (χ0v) is 13.2. The van der Waals surface area contributed by atoms with Crippen molar-refractivity contribution in [2.75, 3.05) is 11.9 Å². The van der Waals surface area contributed by atoms with Crippen molar-refractivity contribution in [2.45, 2.75) is 32.0 Å².